The first kappa shape index (κ1) is 12.5. The molecule has 2 atom stereocenters. The molecule has 19 heavy (non-hydrogen) atoms. The fourth-order valence-corrected chi connectivity index (χ4v) is 3.82. The lowest BCUT2D eigenvalue weighted by Crippen LogP contribution is -2.41. The van der Waals surface area contributed by atoms with Crippen LogP contribution in [0.5, 0.6) is 5.75 Å². The Morgan fingerprint density at radius 1 is 1.37 bits per heavy atom. The number of aryl methyl sites for hydroxylation is 1. The molecule has 102 valence electrons. The van der Waals surface area contributed by atoms with Crippen molar-refractivity contribution in [1.82, 2.24) is 4.90 Å². The standard InChI is InChI=1S/C16H21NO2/c1-10(2)17-13-8-7-11-5-4-6-14(19-3)16(11)12(13)9-15(17)18/h4-6,10,12-13H,7-9H2,1-3H3. The molecule has 0 bridgehead atoms. The van der Waals surface area contributed by atoms with Gasteiger partial charge in [0.1, 0.15) is 5.75 Å². The van der Waals surface area contributed by atoms with E-state index < -0.39 is 0 Å². The molecule has 1 aliphatic heterocycles. The second-order valence-corrected chi connectivity index (χ2v) is 5.84. The maximum Gasteiger partial charge on any atom is 0.223 e. The van der Waals surface area contributed by atoms with E-state index in [1.807, 2.05) is 6.07 Å². The summed E-state index contributed by atoms with van der Waals surface area (Å²) in [5, 5.41) is 0. The van der Waals surface area contributed by atoms with Crippen molar-refractivity contribution in [3.63, 3.8) is 0 Å². The Kier molecular flexibility index (Phi) is 3.00. The number of hydrogen-bond acceptors (Lipinski definition) is 2. The minimum absolute atomic E-state index is 0.291. The third-order valence-electron chi connectivity index (χ3n) is 4.52. The van der Waals surface area contributed by atoms with Crippen LogP contribution in [0.3, 0.4) is 0 Å². The van der Waals surface area contributed by atoms with Gasteiger partial charge in [-0.15, -0.1) is 0 Å². The Morgan fingerprint density at radius 2 is 2.16 bits per heavy atom. The molecule has 1 aromatic rings. The number of amides is 1. The van der Waals surface area contributed by atoms with Gasteiger partial charge < -0.3 is 9.64 Å². The number of rotatable bonds is 2. The minimum atomic E-state index is 0.291. The van der Waals surface area contributed by atoms with Crippen molar-refractivity contribution >= 4 is 5.91 Å². The van der Waals surface area contributed by atoms with Crippen molar-refractivity contribution in [2.45, 2.75) is 51.1 Å². The van der Waals surface area contributed by atoms with Gasteiger partial charge in [-0.05, 0) is 38.3 Å². The Bertz CT molecular complexity index is 495. The average molecular weight is 259 g/mol. The van der Waals surface area contributed by atoms with E-state index in [-0.39, 0.29) is 0 Å². The lowest BCUT2D eigenvalue weighted by Gasteiger charge is -2.36. The molecular formula is C16H21NO2. The molecule has 1 aromatic carbocycles. The van der Waals surface area contributed by atoms with E-state index >= 15 is 0 Å². The van der Waals surface area contributed by atoms with Gasteiger partial charge in [-0.2, -0.15) is 0 Å². The number of ether oxygens (including phenoxy) is 1. The maximum atomic E-state index is 12.3. The molecule has 1 heterocycles. The summed E-state index contributed by atoms with van der Waals surface area (Å²) in [5.74, 6) is 1.56. The molecular weight excluding hydrogens is 238 g/mol. The van der Waals surface area contributed by atoms with Gasteiger partial charge in [-0.1, -0.05) is 12.1 Å². The number of hydrogen-bond donors (Lipinski definition) is 0. The second-order valence-electron chi connectivity index (χ2n) is 5.84. The normalized spacial score (nSPS) is 25.5. The molecule has 0 N–H and O–H groups in total. The zero-order chi connectivity index (χ0) is 13.6. The van der Waals surface area contributed by atoms with Crippen LogP contribution >= 0.6 is 0 Å². The summed E-state index contributed by atoms with van der Waals surface area (Å²) < 4.78 is 5.52. The van der Waals surface area contributed by atoms with Gasteiger partial charge in [0.2, 0.25) is 5.91 Å². The van der Waals surface area contributed by atoms with E-state index in [0.717, 1.165) is 18.6 Å². The smallest absolute Gasteiger partial charge is 0.223 e. The Morgan fingerprint density at radius 3 is 2.84 bits per heavy atom. The number of nitrogens with zero attached hydrogens (tertiary/aromatic N) is 1. The molecule has 1 amide bonds. The van der Waals surface area contributed by atoms with Crippen LogP contribution in [0.15, 0.2) is 18.2 Å². The van der Waals surface area contributed by atoms with Crippen molar-refractivity contribution < 1.29 is 9.53 Å². The third kappa shape index (κ3) is 1.83. The summed E-state index contributed by atoms with van der Waals surface area (Å²) in [6.07, 6.45) is 2.76. The number of methoxy groups -OCH3 is 1. The molecule has 2 aliphatic rings. The number of carbonyl (C=O) groups is 1. The zero-order valence-corrected chi connectivity index (χ0v) is 11.8. The van der Waals surface area contributed by atoms with Crippen molar-refractivity contribution in [3.05, 3.63) is 29.3 Å². The van der Waals surface area contributed by atoms with E-state index in [1.54, 1.807) is 7.11 Å². The number of likely N-dealkylation sites (tertiary alicyclic amines) is 1. The SMILES string of the molecule is COc1cccc2c1C1CC(=O)N(C(C)C)C1CC2. The van der Waals surface area contributed by atoms with Crippen LogP contribution in [-0.4, -0.2) is 30.0 Å². The van der Waals surface area contributed by atoms with Crippen LogP contribution in [-0.2, 0) is 11.2 Å². The Hall–Kier alpha value is -1.51. The predicted octanol–water partition coefficient (Wildman–Crippen LogP) is 2.73. The molecule has 1 aliphatic carbocycles. The molecule has 3 nitrogen and oxygen atoms in total. The van der Waals surface area contributed by atoms with Gasteiger partial charge in [0.25, 0.3) is 0 Å². The summed E-state index contributed by atoms with van der Waals surface area (Å²) in [5.41, 5.74) is 2.64. The lowest BCUT2D eigenvalue weighted by atomic mass is 9.79. The van der Waals surface area contributed by atoms with Crippen LogP contribution in [0, 0.1) is 0 Å². The van der Waals surface area contributed by atoms with Crippen LogP contribution < -0.4 is 4.74 Å². The van der Waals surface area contributed by atoms with E-state index in [9.17, 15) is 4.79 Å². The van der Waals surface area contributed by atoms with Crippen molar-refractivity contribution in [2.75, 3.05) is 7.11 Å². The summed E-state index contributed by atoms with van der Waals surface area (Å²) >= 11 is 0. The first-order valence-electron chi connectivity index (χ1n) is 7.10. The summed E-state index contributed by atoms with van der Waals surface area (Å²) in [4.78, 5) is 14.4. The van der Waals surface area contributed by atoms with Crippen LogP contribution in [0.25, 0.3) is 0 Å². The zero-order valence-electron chi connectivity index (χ0n) is 11.8. The average Bonchev–Trinajstić information content (AvgIpc) is 2.74. The molecule has 0 radical (unpaired) electrons. The quantitative estimate of drug-likeness (QED) is 0.817. The predicted molar refractivity (Wildman–Crippen MR) is 74.4 cm³/mol. The highest BCUT2D eigenvalue weighted by atomic mass is 16.5. The molecule has 0 saturated carbocycles. The first-order valence-corrected chi connectivity index (χ1v) is 7.10. The van der Waals surface area contributed by atoms with Crippen molar-refractivity contribution in [2.24, 2.45) is 0 Å². The van der Waals surface area contributed by atoms with E-state index in [0.29, 0.717) is 30.3 Å². The Labute approximate surface area is 114 Å². The molecule has 3 rings (SSSR count). The summed E-state index contributed by atoms with van der Waals surface area (Å²) in [7, 11) is 1.72. The summed E-state index contributed by atoms with van der Waals surface area (Å²) in [6, 6.07) is 6.89. The van der Waals surface area contributed by atoms with E-state index in [1.165, 1.54) is 11.1 Å². The van der Waals surface area contributed by atoms with Crippen molar-refractivity contribution in [3.8, 4) is 5.75 Å². The monoisotopic (exact) mass is 259 g/mol. The highest BCUT2D eigenvalue weighted by Crippen LogP contribution is 2.46. The second kappa shape index (κ2) is 4.55. The maximum absolute atomic E-state index is 12.3. The van der Waals surface area contributed by atoms with Gasteiger partial charge in [-0.3, -0.25) is 4.79 Å². The molecule has 3 heteroatoms. The number of carbonyl (C=O) groups excluding carboxylic acids is 1. The summed E-state index contributed by atoms with van der Waals surface area (Å²) in [6.45, 7) is 4.22. The van der Waals surface area contributed by atoms with Crippen LogP contribution in [0.4, 0.5) is 0 Å². The highest BCUT2D eigenvalue weighted by molar-refractivity contribution is 5.81. The van der Waals surface area contributed by atoms with Gasteiger partial charge in [0.05, 0.1) is 7.11 Å². The first-order chi connectivity index (χ1) is 9.13. The number of benzene rings is 1. The topological polar surface area (TPSA) is 29.5 Å². The fourth-order valence-electron chi connectivity index (χ4n) is 3.82. The van der Waals surface area contributed by atoms with Gasteiger partial charge in [0, 0.05) is 30.0 Å². The molecule has 0 aromatic heterocycles. The largest absolute Gasteiger partial charge is 0.496 e. The van der Waals surface area contributed by atoms with Gasteiger partial charge >= 0.3 is 0 Å². The fraction of sp³-hybridized carbons (Fsp3) is 0.562. The molecule has 0 spiro atoms. The Balaban J connectivity index is 2.05. The molecule has 1 fully saturated rings. The van der Waals surface area contributed by atoms with Crippen molar-refractivity contribution in [1.29, 1.82) is 0 Å². The van der Waals surface area contributed by atoms with Crippen LogP contribution in [0.2, 0.25) is 0 Å². The third-order valence-corrected chi connectivity index (χ3v) is 4.52. The minimum Gasteiger partial charge on any atom is -0.496 e. The van der Waals surface area contributed by atoms with Crippen LogP contribution in [0.1, 0.15) is 43.7 Å². The number of fused-ring (bicyclic) bond motifs is 3. The van der Waals surface area contributed by atoms with E-state index in [4.69, 9.17) is 4.74 Å². The van der Waals surface area contributed by atoms with Gasteiger partial charge in [0.15, 0.2) is 0 Å². The van der Waals surface area contributed by atoms with E-state index in [2.05, 4.69) is 30.9 Å². The highest BCUT2D eigenvalue weighted by Gasteiger charge is 2.45. The lowest BCUT2D eigenvalue weighted by molar-refractivity contribution is -0.130. The van der Waals surface area contributed by atoms with Gasteiger partial charge in [-0.25, -0.2) is 0 Å². The molecule has 2 unspecified atom stereocenters. The molecule has 1 saturated heterocycles.